The molecule has 0 aliphatic heterocycles. The molecule has 0 spiro atoms. The van der Waals surface area contributed by atoms with Gasteiger partial charge in [0.2, 0.25) is 0 Å². The van der Waals surface area contributed by atoms with Crippen LogP contribution in [0.4, 0.5) is 8.78 Å². The second kappa shape index (κ2) is 5.43. The molecule has 0 aliphatic rings. The van der Waals surface area contributed by atoms with Gasteiger partial charge in [-0.2, -0.15) is 0 Å². The van der Waals surface area contributed by atoms with Gasteiger partial charge in [-0.25, -0.2) is 8.78 Å². The van der Waals surface area contributed by atoms with E-state index in [0.717, 1.165) is 0 Å². The predicted octanol–water partition coefficient (Wildman–Crippen LogP) is 3.51. The summed E-state index contributed by atoms with van der Waals surface area (Å²) in [4.78, 5) is 10.2. The van der Waals surface area contributed by atoms with Gasteiger partial charge in [0, 0.05) is 6.42 Å². The third-order valence-electron chi connectivity index (χ3n) is 3.15. The molecule has 0 saturated heterocycles. The van der Waals surface area contributed by atoms with Crippen LogP contribution >= 0.6 is 0 Å². The quantitative estimate of drug-likeness (QED) is 0.750. The average molecular weight is 268 g/mol. The van der Waals surface area contributed by atoms with Crippen LogP contribution in [0.2, 0.25) is 18.1 Å². The fourth-order valence-corrected chi connectivity index (χ4v) is 1.87. The maximum Gasteiger partial charge on any atom is 0.303 e. The Labute approximate surface area is 102 Å². The first-order chi connectivity index (χ1) is 7.37. The Morgan fingerprint density at radius 2 is 1.76 bits per heavy atom. The summed E-state index contributed by atoms with van der Waals surface area (Å²) >= 11 is 0. The molecule has 0 amide bonds. The Hall–Kier alpha value is -0.493. The van der Waals surface area contributed by atoms with Crippen molar-refractivity contribution in [2.45, 2.75) is 57.7 Å². The highest BCUT2D eigenvalue weighted by Crippen LogP contribution is 2.37. The van der Waals surface area contributed by atoms with Crippen molar-refractivity contribution in [3.8, 4) is 0 Å². The van der Waals surface area contributed by atoms with E-state index in [2.05, 4.69) is 0 Å². The molecule has 102 valence electrons. The summed E-state index contributed by atoms with van der Waals surface area (Å²) in [5.74, 6) is -4.27. The van der Waals surface area contributed by atoms with Crippen molar-refractivity contribution >= 4 is 14.3 Å². The van der Waals surface area contributed by atoms with E-state index < -0.39 is 39.7 Å². The number of halogens is 2. The van der Waals surface area contributed by atoms with E-state index in [-0.39, 0.29) is 5.04 Å². The number of aliphatic carboxylic acids is 1. The molecule has 0 atom stereocenters. The second-order valence-corrected chi connectivity index (χ2v) is 10.6. The predicted molar refractivity (Wildman–Crippen MR) is 65.0 cm³/mol. The summed E-state index contributed by atoms with van der Waals surface area (Å²) in [6.45, 7) is 9.00. The molecule has 0 heterocycles. The molecule has 0 aromatic carbocycles. The molecule has 0 fully saturated rings. The summed E-state index contributed by atoms with van der Waals surface area (Å²) in [5.41, 5.74) is 0. The van der Waals surface area contributed by atoms with Gasteiger partial charge in [0.1, 0.15) is 0 Å². The van der Waals surface area contributed by atoms with E-state index >= 15 is 0 Å². The highest BCUT2D eigenvalue weighted by Gasteiger charge is 2.40. The summed E-state index contributed by atoms with van der Waals surface area (Å²) < 4.78 is 32.1. The molecule has 0 aromatic rings. The van der Waals surface area contributed by atoms with Crippen molar-refractivity contribution in [2.75, 3.05) is 6.61 Å². The Kier molecular flexibility index (Phi) is 5.28. The molecule has 0 bridgehead atoms. The van der Waals surface area contributed by atoms with Gasteiger partial charge in [0.25, 0.3) is 5.92 Å². The van der Waals surface area contributed by atoms with Crippen LogP contribution in [-0.4, -0.2) is 31.9 Å². The van der Waals surface area contributed by atoms with Crippen molar-refractivity contribution < 1.29 is 23.1 Å². The number of rotatable bonds is 6. The molecular weight excluding hydrogens is 246 g/mol. The van der Waals surface area contributed by atoms with Gasteiger partial charge in [0.05, 0.1) is 13.0 Å². The van der Waals surface area contributed by atoms with E-state index in [9.17, 15) is 13.6 Å². The molecule has 0 rings (SSSR count). The fourth-order valence-electron chi connectivity index (χ4n) is 0.864. The van der Waals surface area contributed by atoms with Crippen LogP contribution in [0.3, 0.4) is 0 Å². The summed E-state index contributed by atoms with van der Waals surface area (Å²) in [6.07, 6.45) is -1.20. The minimum Gasteiger partial charge on any atom is -0.481 e. The zero-order valence-electron chi connectivity index (χ0n) is 11.1. The first-order valence-electron chi connectivity index (χ1n) is 5.61. The van der Waals surface area contributed by atoms with Gasteiger partial charge in [-0.1, -0.05) is 20.8 Å². The number of hydrogen-bond donors (Lipinski definition) is 1. The molecule has 3 nitrogen and oxygen atoms in total. The Bertz CT molecular complexity index is 272. The lowest BCUT2D eigenvalue weighted by Gasteiger charge is -2.37. The molecule has 17 heavy (non-hydrogen) atoms. The summed E-state index contributed by atoms with van der Waals surface area (Å²) in [7, 11) is -2.20. The van der Waals surface area contributed by atoms with Crippen molar-refractivity contribution in [3.63, 3.8) is 0 Å². The van der Waals surface area contributed by atoms with E-state index in [1.54, 1.807) is 0 Å². The highest BCUT2D eigenvalue weighted by atomic mass is 28.4. The lowest BCUT2D eigenvalue weighted by atomic mass is 10.2. The van der Waals surface area contributed by atoms with Gasteiger partial charge in [0.15, 0.2) is 8.32 Å². The zero-order valence-corrected chi connectivity index (χ0v) is 12.1. The number of carboxylic acids is 1. The maximum atomic E-state index is 13.3. The maximum absolute atomic E-state index is 13.3. The molecule has 0 saturated carbocycles. The molecule has 1 N–H and O–H groups in total. The SMILES string of the molecule is CC(C)(C)[Si](C)(C)OCC(F)(F)CCC(=O)O. The highest BCUT2D eigenvalue weighted by molar-refractivity contribution is 6.74. The van der Waals surface area contributed by atoms with E-state index in [1.165, 1.54) is 0 Å². The minimum atomic E-state index is -3.06. The largest absolute Gasteiger partial charge is 0.481 e. The van der Waals surface area contributed by atoms with Gasteiger partial charge in [-0.05, 0) is 18.1 Å². The number of carboxylic acid groups (broad SMARTS) is 1. The Morgan fingerprint density at radius 1 is 1.29 bits per heavy atom. The third kappa shape index (κ3) is 6.12. The lowest BCUT2D eigenvalue weighted by molar-refractivity contribution is -0.140. The molecule has 6 heteroatoms. The number of carbonyl (C=O) groups is 1. The van der Waals surface area contributed by atoms with E-state index in [0.29, 0.717) is 0 Å². The lowest BCUT2D eigenvalue weighted by Crippen LogP contribution is -2.44. The molecule has 0 unspecified atom stereocenters. The van der Waals surface area contributed by atoms with Crippen molar-refractivity contribution in [1.29, 1.82) is 0 Å². The van der Waals surface area contributed by atoms with Gasteiger partial charge >= 0.3 is 5.97 Å². The molecule has 0 aromatic heterocycles. The smallest absolute Gasteiger partial charge is 0.303 e. The van der Waals surface area contributed by atoms with Crippen LogP contribution in [0.5, 0.6) is 0 Å². The van der Waals surface area contributed by atoms with Crippen LogP contribution in [0.15, 0.2) is 0 Å². The monoisotopic (exact) mass is 268 g/mol. The average Bonchev–Trinajstić information content (AvgIpc) is 2.11. The van der Waals surface area contributed by atoms with Crippen LogP contribution < -0.4 is 0 Å². The molecule has 0 radical (unpaired) electrons. The zero-order chi connectivity index (χ0) is 13.9. The van der Waals surface area contributed by atoms with Crippen LogP contribution in [0.1, 0.15) is 33.6 Å². The van der Waals surface area contributed by atoms with Gasteiger partial charge in [-0.15, -0.1) is 0 Å². The van der Waals surface area contributed by atoms with Crippen molar-refractivity contribution in [1.82, 2.24) is 0 Å². The van der Waals surface area contributed by atoms with E-state index in [1.807, 2.05) is 33.9 Å². The summed E-state index contributed by atoms with van der Waals surface area (Å²) in [5, 5.41) is 8.24. The first-order valence-corrected chi connectivity index (χ1v) is 8.52. The third-order valence-corrected chi connectivity index (χ3v) is 7.63. The standard InChI is InChI=1S/C11H22F2O3Si/c1-10(2,3)17(4,5)16-8-11(12,13)7-6-9(14)15/h6-8H2,1-5H3,(H,14,15). The number of alkyl halides is 2. The Morgan fingerprint density at radius 3 is 2.12 bits per heavy atom. The molecular formula is C11H22F2O3Si. The molecule has 0 aliphatic carbocycles. The van der Waals surface area contributed by atoms with Crippen LogP contribution in [0, 0.1) is 0 Å². The van der Waals surface area contributed by atoms with Crippen molar-refractivity contribution in [2.24, 2.45) is 0 Å². The van der Waals surface area contributed by atoms with Crippen LogP contribution in [-0.2, 0) is 9.22 Å². The topological polar surface area (TPSA) is 46.5 Å². The van der Waals surface area contributed by atoms with Crippen LogP contribution in [0.25, 0.3) is 0 Å². The Balaban J connectivity index is 4.31. The fraction of sp³-hybridized carbons (Fsp3) is 0.909. The second-order valence-electron chi connectivity index (χ2n) is 5.80. The minimum absolute atomic E-state index is 0.129. The van der Waals surface area contributed by atoms with Gasteiger partial charge < -0.3 is 9.53 Å². The summed E-state index contributed by atoms with van der Waals surface area (Å²) in [6, 6.07) is 0. The van der Waals surface area contributed by atoms with Crippen molar-refractivity contribution in [3.05, 3.63) is 0 Å². The first kappa shape index (κ1) is 16.5. The number of hydrogen-bond acceptors (Lipinski definition) is 2. The van der Waals surface area contributed by atoms with E-state index in [4.69, 9.17) is 9.53 Å². The van der Waals surface area contributed by atoms with Gasteiger partial charge in [-0.3, -0.25) is 4.79 Å². The normalized spacial score (nSPS) is 13.8.